The van der Waals surface area contributed by atoms with Crippen molar-refractivity contribution >= 4 is 5.91 Å². The van der Waals surface area contributed by atoms with Crippen LogP contribution in [0.5, 0.6) is 0 Å². The van der Waals surface area contributed by atoms with Crippen molar-refractivity contribution in [1.82, 2.24) is 29.2 Å². The maximum Gasteiger partial charge on any atom is 0.227 e. The third-order valence-electron chi connectivity index (χ3n) is 5.32. The molecule has 2 aromatic heterocycles. The molecule has 7 nitrogen and oxygen atoms in total. The highest BCUT2D eigenvalue weighted by Crippen LogP contribution is 2.26. The number of carbonyl (C=O) groups excluding carboxylic acids is 1. The van der Waals surface area contributed by atoms with Crippen LogP contribution in [0.2, 0.25) is 0 Å². The highest BCUT2D eigenvalue weighted by Gasteiger charge is 2.28. The molecular formula is C20H23FN6O. The maximum absolute atomic E-state index is 13.9. The third-order valence-corrected chi connectivity index (χ3v) is 5.32. The van der Waals surface area contributed by atoms with E-state index in [2.05, 4.69) is 15.2 Å². The second kappa shape index (κ2) is 7.92. The molecule has 1 amide bonds. The van der Waals surface area contributed by atoms with Gasteiger partial charge < -0.3 is 14.0 Å². The van der Waals surface area contributed by atoms with E-state index in [1.165, 1.54) is 6.07 Å². The van der Waals surface area contributed by atoms with E-state index in [0.717, 1.165) is 24.5 Å². The minimum absolute atomic E-state index is 0.0457. The summed E-state index contributed by atoms with van der Waals surface area (Å²) in [5.74, 6) is 1.49. The number of rotatable bonds is 5. The Hall–Kier alpha value is -3.03. The average Bonchev–Trinajstić information content (AvgIpc) is 3.34. The van der Waals surface area contributed by atoms with Gasteiger partial charge in [-0.25, -0.2) is 9.37 Å². The number of hydrogen-bond donors (Lipinski definition) is 0. The first-order valence-corrected chi connectivity index (χ1v) is 9.47. The van der Waals surface area contributed by atoms with Crippen LogP contribution in [0.4, 0.5) is 4.39 Å². The molecule has 0 bridgehead atoms. The summed E-state index contributed by atoms with van der Waals surface area (Å²) < 4.78 is 17.8. The zero-order valence-corrected chi connectivity index (χ0v) is 15.8. The van der Waals surface area contributed by atoms with E-state index < -0.39 is 0 Å². The molecule has 1 fully saturated rings. The molecule has 0 saturated carbocycles. The number of benzene rings is 1. The number of hydrogen-bond acceptors (Lipinski definition) is 4. The van der Waals surface area contributed by atoms with Crippen molar-refractivity contribution in [2.45, 2.75) is 31.7 Å². The highest BCUT2D eigenvalue weighted by molar-refractivity contribution is 5.79. The Balaban J connectivity index is 1.44. The van der Waals surface area contributed by atoms with Gasteiger partial charge in [0.15, 0.2) is 5.82 Å². The molecule has 0 N–H and O–H groups in total. The molecule has 3 aromatic rings. The van der Waals surface area contributed by atoms with Gasteiger partial charge in [-0.1, -0.05) is 18.2 Å². The minimum Gasteiger partial charge on any atom is -0.342 e. The zero-order chi connectivity index (χ0) is 19.5. The Morgan fingerprint density at radius 1 is 1.29 bits per heavy atom. The molecule has 1 saturated heterocycles. The van der Waals surface area contributed by atoms with Gasteiger partial charge >= 0.3 is 0 Å². The first-order chi connectivity index (χ1) is 13.6. The molecule has 1 aliphatic heterocycles. The van der Waals surface area contributed by atoms with E-state index in [1.807, 2.05) is 27.3 Å². The summed E-state index contributed by atoms with van der Waals surface area (Å²) in [4.78, 5) is 18.6. The molecule has 0 aliphatic carbocycles. The number of likely N-dealkylation sites (tertiary alicyclic amines) is 1. The second-order valence-electron chi connectivity index (χ2n) is 7.22. The summed E-state index contributed by atoms with van der Waals surface area (Å²) in [6.07, 6.45) is 7.32. The Labute approximate surface area is 162 Å². The molecule has 0 spiro atoms. The lowest BCUT2D eigenvalue weighted by Gasteiger charge is -2.32. The van der Waals surface area contributed by atoms with Gasteiger partial charge in [-0.3, -0.25) is 4.79 Å². The van der Waals surface area contributed by atoms with Gasteiger partial charge in [0.1, 0.15) is 11.6 Å². The van der Waals surface area contributed by atoms with Crippen molar-refractivity contribution in [2.24, 2.45) is 7.05 Å². The van der Waals surface area contributed by atoms with E-state index in [0.29, 0.717) is 25.2 Å². The predicted octanol–water partition coefficient (Wildman–Crippen LogP) is 2.15. The largest absolute Gasteiger partial charge is 0.342 e. The second-order valence-corrected chi connectivity index (χ2v) is 7.22. The van der Waals surface area contributed by atoms with Crippen molar-refractivity contribution in [3.8, 4) is 0 Å². The number of amides is 1. The summed E-state index contributed by atoms with van der Waals surface area (Å²) >= 11 is 0. The normalized spacial score (nSPS) is 17.1. The average molecular weight is 382 g/mol. The van der Waals surface area contributed by atoms with Gasteiger partial charge in [0.2, 0.25) is 5.91 Å². The van der Waals surface area contributed by atoms with E-state index in [-0.39, 0.29) is 24.1 Å². The molecule has 8 heteroatoms. The number of piperidine rings is 1. The molecule has 4 rings (SSSR count). The number of nitrogens with zero attached hydrogens (tertiary/aromatic N) is 6. The highest BCUT2D eigenvalue weighted by atomic mass is 19.1. The van der Waals surface area contributed by atoms with Crippen LogP contribution < -0.4 is 0 Å². The first-order valence-electron chi connectivity index (χ1n) is 9.47. The first kappa shape index (κ1) is 18.3. The van der Waals surface area contributed by atoms with E-state index in [1.54, 1.807) is 30.7 Å². The standard InChI is InChI=1S/C20H23FN6O/c1-25-18(13-26-10-8-22-14-26)23-24-20(25)16-6-4-9-27(12-16)19(28)11-15-5-2-3-7-17(15)21/h2-3,5,7-8,10,14,16H,4,6,9,11-13H2,1H3/t16-/m0/s1. The molecule has 3 heterocycles. The van der Waals surface area contributed by atoms with Crippen molar-refractivity contribution < 1.29 is 9.18 Å². The van der Waals surface area contributed by atoms with Crippen LogP contribution >= 0.6 is 0 Å². The maximum atomic E-state index is 13.9. The fraction of sp³-hybridized carbons (Fsp3) is 0.400. The Morgan fingerprint density at radius 3 is 2.93 bits per heavy atom. The Morgan fingerprint density at radius 2 is 2.14 bits per heavy atom. The quantitative estimate of drug-likeness (QED) is 0.678. The summed E-state index contributed by atoms with van der Waals surface area (Å²) in [6, 6.07) is 6.45. The van der Waals surface area contributed by atoms with Gasteiger partial charge in [-0.15, -0.1) is 10.2 Å². The van der Waals surface area contributed by atoms with E-state index in [9.17, 15) is 9.18 Å². The number of imidazole rings is 1. The number of halogens is 1. The lowest BCUT2D eigenvalue weighted by atomic mass is 9.96. The van der Waals surface area contributed by atoms with Gasteiger partial charge in [0.05, 0.1) is 19.3 Å². The van der Waals surface area contributed by atoms with Crippen LogP contribution in [0.1, 0.15) is 36.0 Å². The fourth-order valence-electron chi connectivity index (χ4n) is 3.74. The van der Waals surface area contributed by atoms with Crippen LogP contribution in [-0.2, 0) is 24.8 Å². The zero-order valence-electron chi connectivity index (χ0n) is 15.8. The van der Waals surface area contributed by atoms with Crippen molar-refractivity contribution in [2.75, 3.05) is 13.1 Å². The molecule has 1 atom stereocenters. The Kier molecular flexibility index (Phi) is 5.18. The Bertz CT molecular complexity index is 952. The van der Waals surface area contributed by atoms with Crippen molar-refractivity contribution in [1.29, 1.82) is 0 Å². The van der Waals surface area contributed by atoms with Crippen LogP contribution in [0.3, 0.4) is 0 Å². The molecule has 1 aromatic carbocycles. The topological polar surface area (TPSA) is 68.8 Å². The van der Waals surface area contributed by atoms with Crippen LogP contribution in [0.25, 0.3) is 0 Å². The van der Waals surface area contributed by atoms with Crippen molar-refractivity contribution in [3.05, 3.63) is 66.0 Å². The number of carbonyl (C=O) groups is 1. The van der Waals surface area contributed by atoms with Crippen LogP contribution in [0.15, 0.2) is 43.0 Å². The lowest BCUT2D eigenvalue weighted by Crippen LogP contribution is -2.40. The molecule has 1 aliphatic rings. The number of aromatic nitrogens is 5. The van der Waals surface area contributed by atoms with Crippen molar-refractivity contribution in [3.63, 3.8) is 0 Å². The molecule has 146 valence electrons. The summed E-state index contributed by atoms with van der Waals surface area (Å²) in [5, 5.41) is 8.72. The lowest BCUT2D eigenvalue weighted by molar-refractivity contribution is -0.131. The van der Waals surface area contributed by atoms with E-state index in [4.69, 9.17) is 0 Å². The fourth-order valence-corrected chi connectivity index (χ4v) is 3.74. The molecule has 0 unspecified atom stereocenters. The summed E-state index contributed by atoms with van der Waals surface area (Å²) in [5.41, 5.74) is 0.441. The van der Waals surface area contributed by atoms with Gasteiger partial charge in [-0.2, -0.15) is 0 Å². The summed E-state index contributed by atoms with van der Waals surface area (Å²) in [7, 11) is 1.96. The SMILES string of the molecule is Cn1c(Cn2ccnc2)nnc1[C@H]1CCCN(C(=O)Cc2ccccc2F)C1. The minimum atomic E-state index is -0.332. The van der Waals surface area contributed by atoms with Gasteiger partial charge in [0.25, 0.3) is 0 Å². The van der Waals surface area contributed by atoms with Gasteiger partial charge in [0, 0.05) is 38.4 Å². The van der Waals surface area contributed by atoms with Crippen LogP contribution in [-0.4, -0.2) is 48.2 Å². The molecule has 28 heavy (non-hydrogen) atoms. The molecular weight excluding hydrogens is 359 g/mol. The monoisotopic (exact) mass is 382 g/mol. The van der Waals surface area contributed by atoms with E-state index >= 15 is 0 Å². The smallest absolute Gasteiger partial charge is 0.227 e. The third kappa shape index (κ3) is 3.81. The summed E-state index contributed by atoms with van der Waals surface area (Å²) in [6.45, 7) is 1.89. The predicted molar refractivity (Wildman–Crippen MR) is 101 cm³/mol. The molecule has 0 radical (unpaired) electrons. The van der Waals surface area contributed by atoms with Gasteiger partial charge in [-0.05, 0) is 24.5 Å². The van der Waals surface area contributed by atoms with Crippen LogP contribution in [0, 0.1) is 5.82 Å².